The minimum absolute atomic E-state index is 0. The first-order valence-corrected chi connectivity index (χ1v) is 0.651. The second-order valence-corrected chi connectivity index (χ2v) is 0.283. The number of carbonyl (C=O) groups is 1. The van der Waals surface area contributed by atoms with Gasteiger partial charge in [-0.3, -0.25) is 0 Å². The summed E-state index contributed by atoms with van der Waals surface area (Å²) in [5.41, 5.74) is 0. The van der Waals surface area contributed by atoms with Gasteiger partial charge in [-0.05, 0) is 0 Å². The Balaban J connectivity index is -0.00000000750. The molecule has 0 saturated heterocycles. The van der Waals surface area contributed by atoms with E-state index in [0.717, 1.165) is 0 Å². The molecule has 0 unspecified atom stereocenters. The second kappa shape index (κ2) is 16.3. The quantitative estimate of drug-likeness (QED) is 0.427. The van der Waals surface area contributed by atoms with Crippen LogP contribution in [0, 0.1) is 0 Å². The molecule has 7 heavy (non-hydrogen) atoms. The Bertz CT molecular complexity index is 40.3. The topological polar surface area (TPSA) is 57.5 Å². The van der Waals surface area contributed by atoms with Gasteiger partial charge in [0.05, 0.1) is 0 Å². The number of hydrogen-bond acceptors (Lipinski definition) is 1. The summed E-state index contributed by atoms with van der Waals surface area (Å²) in [6.45, 7) is 0. The average Bonchev–Trinajstić information content (AvgIpc) is 0.811. The molecular weight excluding hydrogens is 161 g/mol. The van der Waals surface area contributed by atoms with E-state index >= 15 is 0 Å². The van der Waals surface area contributed by atoms with Gasteiger partial charge in [0.1, 0.15) is 0 Å². The molecule has 0 bridgehead atoms. The molecule has 0 radical (unpaired) electrons. The molecule has 2 N–H and O–H groups in total. The Labute approximate surface area is 150 Å². The molecule has 30 valence electrons. The van der Waals surface area contributed by atoms with Crippen LogP contribution in [0.3, 0.4) is 0 Å². The Morgan fingerprint density at radius 3 is 1.29 bits per heavy atom. The molecule has 0 rings (SSSR count). The first-order chi connectivity index (χ1) is 1.73. The summed E-state index contributed by atoms with van der Waals surface area (Å²) < 4.78 is 0. The summed E-state index contributed by atoms with van der Waals surface area (Å²) in [4.78, 5) is 8.56. The van der Waals surface area contributed by atoms with E-state index in [2.05, 4.69) is 0 Å². The van der Waals surface area contributed by atoms with Gasteiger partial charge in [-0.1, -0.05) is 0 Å². The van der Waals surface area contributed by atoms with E-state index in [4.69, 9.17) is 15.0 Å². The van der Waals surface area contributed by atoms with E-state index in [1.54, 1.807) is 0 Å². The van der Waals surface area contributed by atoms with Crippen LogP contribution in [0.4, 0.5) is 4.79 Å². The molecule has 0 heterocycles. The summed E-state index contributed by atoms with van der Waals surface area (Å²) in [5, 5.41) is 13.9. The zero-order chi connectivity index (χ0) is 3.58. The maximum absolute atomic E-state index is 8.56. The fraction of sp³-hybridized carbons (Fsp3) is 0. The van der Waals surface area contributed by atoms with E-state index < -0.39 is 6.16 Å². The normalized spacial score (nSPS) is 3.43. The first kappa shape index (κ1) is 22.4. The second-order valence-electron chi connectivity index (χ2n) is 0.283. The van der Waals surface area contributed by atoms with Crippen molar-refractivity contribution in [2.45, 2.75) is 0 Å². The Morgan fingerprint density at radius 2 is 1.29 bits per heavy atom. The van der Waals surface area contributed by atoms with Gasteiger partial charge in [0, 0.05) is 0 Å². The van der Waals surface area contributed by atoms with E-state index in [9.17, 15) is 0 Å². The van der Waals surface area contributed by atoms with Crippen LogP contribution >= 0.6 is 0 Å². The van der Waals surface area contributed by atoms with Gasteiger partial charge in [-0.2, -0.15) is 0 Å². The van der Waals surface area contributed by atoms with Crippen LogP contribution in [0.15, 0.2) is 0 Å². The minimum atomic E-state index is -1.83. The van der Waals surface area contributed by atoms with Crippen molar-refractivity contribution < 1.29 is 16.4 Å². The Morgan fingerprint density at radius 1 is 1.29 bits per heavy atom. The third-order valence-corrected chi connectivity index (χ3v) is 0. The van der Waals surface area contributed by atoms with Crippen LogP contribution in [-0.2, 0) is 0 Å². The van der Waals surface area contributed by atoms with Crippen LogP contribution in [0.1, 0.15) is 1.43 Å². The monoisotopic (exact) mass is 167 g/mol. The molecule has 0 amide bonds. The first-order valence-electron chi connectivity index (χ1n) is 0.651. The van der Waals surface area contributed by atoms with Crippen molar-refractivity contribution in [1.29, 1.82) is 0 Å². The number of carboxylic acid groups (broad SMARTS) is 2. The molecule has 6 heteroatoms. The van der Waals surface area contributed by atoms with E-state index in [1.807, 2.05) is 0 Å². The molecule has 0 atom stereocenters. The van der Waals surface area contributed by atoms with Crippen molar-refractivity contribution in [3.05, 3.63) is 0 Å². The zero-order valence-corrected chi connectivity index (χ0v) is 1.80. The van der Waals surface area contributed by atoms with Crippen LogP contribution in [0.2, 0.25) is 0 Å². The molecule has 0 aliphatic heterocycles. The van der Waals surface area contributed by atoms with Gasteiger partial charge in [-0.15, -0.1) is 0 Å². The molecular formula is CH6K2NaO3+. The molecule has 3 nitrogen and oxygen atoms in total. The predicted molar refractivity (Wildman–Crippen MR) is 33.2 cm³/mol. The zero-order valence-electron chi connectivity index (χ0n) is 2.80. The van der Waals surface area contributed by atoms with Gasteiger partial charge < -0.3 is 10.2 Å². The third-order valence-electron chi connectivity index (χ3n) is 0. The summed E-state index contributed by atoms with van der Waals surface area (Å²) in [5.74, 6) is 0. The van der Waals surface area contributed by atoms with Crippen LogP contribution < -0.4 is 0 Å². The van der Waals surface area contributed by atoms with Crippen LogP contribution in [0.5, 0.6) is 0 Å². The van der Waals surface area contributed by atoms with Crippen molar-refractivity contribution in [3.63, 3.8) is 0 Å². The van der Waals surface area contributed by atoms with Crippen molar-refractivity contribution in [3.8, 4) is 0 Å². The summed E-state index contributed by atoms with van der Waals surface area (Å²) in [7, 11) is 0. The van der Waals surface area contributed by atoms with Crippen molar-refractivity contribution in [1.82, 2.24) is 0 Å². The Kier molecular flexibility index (Phi) is 52.1. The molecule has 0 saturated carbocycles. The van der Waals surface area contributed by atoms with E-state index in [-0.39, 0.29) is 134 Å². The molecule has 0 aliphatic carbocycles. The number of hydrogen-bond donors (Lipinski definition) is 2. The summed E-state index contributed by atoms with van der Waals surface area (Å²) >= 11 is 0. The molecule has 0 spiro atoms. The summed E-state index contributed by atoms with van der Waals surface area (Å²) in [6, 6.07) is 0. The fourth-order valence-corrected chi connectivity index (χ4v) is 0. The SMILES string of the molecule is O=C(O)O.[H+].[KH].[KH].[NaH]. The van der Waals surface area contributed by atoms with E-state index in [0.29, 0.717) is 0 Å². The number of rotatable bonds is 0. The van der Waals surface area contributed by atoms with Gasteiger partial charge in [-0.25, -0.2) is 4.79 Å². The molecule has 0 fully saturated rings. The van der Waals surface area contributed by atoms with Gasteiger partial charge in [0.25, 0.3) is 0 Å². The standard InChI is InChI=1S/CH2O3.2K.Na.3H/c2-1(3)4;;;;;;/h(H2,2,3,4);;;;;;/p+1. The van der Waals surface area contributed by atoms with E-state index in [1.165, 1.54) is 0 Å². The maximum atomic E-state index is 8.56. The van der Waals surface area contributed by atoms with Crippen LogP contribution in [0.25, 0.3) is 0 Å². The van der Waals surface area contributed by atoms with Crippen molar-refractivity contribution in [2.24, 2.45) is 0 Å². The van der Waals surface area contributed by atoms with Gasteiger partial charge in [0.15, 0.2) is 0 Å². The van der Waals surface area contributed by atoms with Crippen molar-refractivity contribution >= 4 is 138 Å². The predicted octanol–water partition coefficient (Wildman–Crippen LogP) is -1.61. The van der Waals surface area contributed by atoms with Crippen LogP contribution in [-0.4, -0.2) is 149 Å². The molecule has 0 aromatic heterocycles. The van der Waals surface area contributed by atoms with Gasteiger partial charge in [0.2, 0.25) is 0 Å². The average molecular weight is 167 g/mol. The molecule has 0 aromatic carbocycles. The molecule has 0 aromatic rings. The molecule has 0 aliphatic rings. The fourth-order valence-electron chi connectivity index (χ4n) is 0. The van der Waals surface area contributed by atoms with Crippen molar-refractivity contribution in [2.75, 3.05) is 0 Å². The third kappa shape index (κ3) is 43.3. The van der Waals surface area contributed by atoms with Gasteiger partial charge >= 0.3 is 140 Å². The summed E-state index contributed by atoms with van der Waals surface area (Å²) in [6.07, 6.45) is -1.83. The Hall–Kier alpha value is 3.54.